The van der Waals surface area contributed by atoms with Gasteiger partial charge in [-0.3, -0.25) is 10.1 Å². The molecule has 8 rings (SSSR count). The highest BCUT2D eigenvalue weighted by molar-refractivity contribution is 6.03. The Hall–Kier alpha value is -5.77. The third-order valence-electron chi connectivity index (χ3n) is 13.2. The maximum atomic E-state index is 14.9. The lowest BCUT2D eigenvalue weighted by Crippen LogP contribution is -2.70. The number of benzene rings is 3. The minimum absolute atomic E-state index is 0.00353. The molecule has 2 aliphatic heterocycles. The second-order valence-corrected chi connectivity index (χ2v) is 17.2. The molecule has 0 aromatic heterocycles. The molecule has 348 valence electrons. The topological polar surface area (TPSA) is 176 Å². The Morgan fingerprint density at radius 3 is 2.45 bits per heavy atom. The van der Waals surface area contributed by atoms with Crippen molar-refractivity contribution >= 4 is 23.4 Å². The first-order valence-corrected chi connectivity index (χ1v) is 22.9. The predicted molar refractivity (Wildman–Crippen MR) is 242 cm³/mol. The van der Waals surface area contributed by atoms with Gasteiger partial charge in [-0.1, -0.05) is 36.2 Å². The van der Waals surface area contributed by atoms with E-state index in [2.05, 4.69) is 18.0 Å². The van der Waals surface area contributed by atoms with Crippen molar-refractivity contribution in [2.45, 2.75) is 89.0 Å². The summed E-state index contributed by atoms with van der Waals surface area (Å²) in [6.07, 6.45) is 9.48. The maximum absolute atomic E-state index is 14.9. The van der Waals surface area contributed by atoms with Gasteiger partial charge in [-0.25, -0.2) is 4.79 Å². The number of anilines is 1. The van der Waals surface area contributed by atoms with Crippen LogP contribution in [0.5, 0.6) is 34.5 Å². The highest BCUT2D eigenvalue weighted by Gasteiger charge is 2.66. The Labute approximate surface area is 380 Å². The van der Waals surface area contributed by atoms with Crippen molar-refractivity contribution in [3.05, 3.63) is 90.0 Å². The highest BCUT2D eigenvalue weighted by Crippen LogP contribution is 2.62. The van der Waals surface area contributed by atoms with Crippen molar-refractivity contribution in [1.29, 1.82) is 0 Å². The first kappa shape index (κ1) is 45.8. The number of nitrogens with one attached hydrogen (secondary N) is 1. The van der Waals surface area contributed by atoms with Crippen LogP contribution in [0, 0.1) is 23.7 Å². The summed E-state index contributed by atoms with van der Waals surface area (Å²) in [5.41, 5.74) is 3.71. The Balaban J connectivity index is 1.27. The number of hydrogen-bond donors (Lipinski definition) is 3. The summed E-state index contributed by atoms with van der Waals surface area (Å²) in [6, 6.07) is 15.5. The van der Waals surface area contributed by atoms with Gasteiger partial charge in [0.25, 0.3) is 0 Å². The van der Waals surface area contributed by atoms with E-state index in [-0.39, 0.29) is 69.2 Å². The standard InChI is InChI=1S/C50H61N3O12/c1-5-23-62-50-45(53(48(56)32-14-15-32)29-31-13-19-42-44(24-31)61-30-60-42)28-40(52-63-6-2)37-25-33(11-7-9-21-54)36(12-8-10-22-55)46(47(37)50)38-26-35(17-20-41(38)65-50)64-49(57)51-39-18-16-34(58-3)27-43(39)59-4/h5,13,16-20,24-27,32-33,36,45-47,54-55H,1,6-12,14-15,21-23,28-30H2,2-4H3,(H,51,57)/t33-,36+,45-,46+,47+,50+/m0/s1. The van der Waals surface area contributed by atoms with Gasteiger partial charge in [0.05, 0.1) is 38.1 Å². The van der Waals surface area contributed by atoms with Gasteiger partial charge in [-0.2, -0.15) is 0 Å². The number of nitrogens with zero attached hydrogens (tertiary/aromatic N) is 2. The third-order valence-corrected chi connectivity index (χ3v) is 13.2. The lowest BCUT2D eigenvalue weighted by atomic mass is 9.55. The zero-order valence-corrected chi connectivity index (χ0v) is 37.5. The zero-order valence-electron chi connectivity index (χ0n) is 37.5. The van der Waals surface area contributed by atoms with Crippen LogP contribution in [0.25, 0.3) is 0 Å². The van der Waals surface area contributed by atoms with Gasteiger partial charge in [0.1, 0.15) is 35.6 Å². The van der Waals surface area contributed by atoms with E-state index in [1.165, 1.54) is 7.11 Å². The van der Waals surface area contributed by atoms with Gasteiger partial charge >= 0.3 is 6.09 Å². The number of aliphatic hydroxyl groups is 2. The Kier molecular flexibility index (Phi) is 14.5. The normalized spacial score (nSPS) is 24.2. The molecule has 0 spiro atoms. The highest BCUT2D eigenvalue weighted by atomic mass is 16.7. The summed E-state index contributed by atoms with van der Waals surface area (Å²) in [7, 11) is 3.06. The molecule has 3 N–H and O–H groups in total. The monoisotopic (exact) mass is 895 g/mol. The molecule has 0 unspecified atom stereocenters. The number of ether oxygens (including phenoxy) is 7. The number of carbonyl (C=O) groups is 2. The van der Waals surface area contributed by atoms with E-state index >= 15 is 0 Å². The van der Waals surface area contributed by atoms with Crippen molar-refractivity contribution < 1.29 is 57.8 Å². The SMILES string of the molecule is C=CCO[C@@]12Oc3ccc(OC(=O)Nc4ccc(OC)cc4OC)cc3[C@H]3[C@H](CCCCO)[C@@H](CCCCO)C=C(C(=NOCC)C[C@@H]1N(Cc1ccc4c(c1)OCO4)C(=O)C1CC1)[C@H]32. The van der Waals surface area contributed by atoms with Gasteiger partial charge < -0.3 is 53.1 Å². The minimum Gasteiger partial charge on any atom is -0.497 e. The fourth-order valence-electron chi connectivity index (χ4n) is 10.1. The van der Waals surface area contributed by atoms with E-state index in [9.17, 15) is 19.8 Å². The molecule has 3 aromatic carbocycles. The van der Waals surface area contributed by atoms with Crippen LogP contribution in [-0.2, 0) is 20.9 Å². The van der Waals surface area contributed by atoms with Crippen LogP contribution in [0.3, 0.4) is 0 Å². The van der Waals surface area contributed by atoms with E-state index in [0.717, 1.165) is 55.2 Å². The largest absolute Gasteiger partial charge is 0.497 e. The van der Waals surface area contributed by atoms with Gasteiger partial charge in [0, 0.05) is 49.6 Å². The molecule has 2 saturated carbocycles. The summed E-state index contributed by atoms with van der Waals surface area (Å²) < 4.78 is 42.8. The number of aliphatic hydroxyl groups excluding tert-OH is 2. The summed E-state index contributed by atoms with van der Waals surface area (Å²) >= 11 is 0. The smallest absolute Gasteiger partial charge is 0.417 e. The fraction of sp³-hybridized carbons (Fsp3) is 0.500. The predicted octanol–water partition coefficient (Wildman–Crippen LogP) is 8.14. The minimum atomic E-state index is -1.44. The van der Waals surface area contributed by atoms with E-state index in [0.29, 0.717) is 65.3 Å². The van der Waals surface area contributed by atoms with Crippen LogP contribution in [0.1, 0.15) is 81.8 Å². The molecular formula is C50H61N3O12. The van der Waals surface area contributed by atoms with Crippen LogP contribution < -0.4 is 33.7 Å². The molecule has 15 nitrogen and oxygen atoms in total. The molecule has 15 heteroatoms. The lowest BCUT2D eigenvalue weighted by Gasteiger charge is -2.60. The molecule has 2 heterocycles. The van der Waals surface area contributed by atoms with Crippen molar-refractivity contribution in [3.63, 3.8) is 0 Å². The number of unbranched alkanes of at least 4 members (excludes halogenated alkanes) is 2. The first-order valence-electron chi connectivity index (χ1n) is 22.9. The Morgan fingerprint density at radius 2 is 1.71 bits per heavy atom. The first-order chi connectivity index (χ1) is 31.7. The van der Waals surface area contributed by atoms with Gasteiger partial charge in [0.2, 0.25) is 18.5 Å². The van der Waals surface area contributed by atoms with Crippen molar-refractivity contribution in [2.75, 3.05) is 52.8 Å². The van der Waals surface area contributed by atoms with Crippen LogP contribution in [0.15, 0.2) is 84.1 Å². The molecule has 0 saturated heterocycles. The summed E-state index contributed by atoms with van der Waals surface area (Å²) in [6.45, 7) is 6.91. The molecule has 6 atom stereocenters. The van der Waals surface area contributed by atoms with Gasteiger partial charge in [0.15, 0.2) is 11.5 Å². The number of methoxy groups -OCH3 is 2. The number of carbonyl (C=O) groups excluding carboxylic acids is 2. The van der Waals surface area contributed by atoms with Gasteiger partial charge in [-0.15, -0.1) is 6.58 Å². The maximum Gasteiger partial charge on any atom is 0.417 e. The Bertz CT molecular complexity index is 2260. The van der Waals surface area contributed by atoms with Crippen LogP contribution in [-0.4, -0.2) is 92.1 Å². The quantitative estimate of drug-likeness (QED) is 0.0533. The average molecular weight is 896 g/mol. The van der Waals surface area contributed by atoms with E-state index < -0.39 is 23.8 Å². The summed E-state index contributed by atoms with van der Waals surface area (Å²) in [5, 5.41) is 27.5. The van der Waals surface area contributed by atoms with Gasteiger partial charge in [-0.05, 0) is 111 Å². The number of fused-ring (bicyclic) bond motifs is 3. The fourth-order valence-corrected chi connectivity index (χ4v) is 10.1. The van der Waals surface area contributed by atoms with Crippen molar-refractivity contribution in [3.8, 4) is 34.5 Å². The molecule has 0 bridgehead atoms. The number of hydrogen-bond acceptors (Lipinski definition) is 13. The second-order valence-electron chi connectivity index (χ2n) is 17.2. The van der Waals surface area contributed by atoms with Crippen molar-refractivity contribution in [1.82, 2.24) is 4.90 Å². The summed E-state index contributed by atoms with van der Waals surface area (Å²) in [5.74, 6) is 0.652. The number of amides is 2. The number of oxime groups is 1. The van der Waals surface area contributed by atoms with Crippen LogP contribution in [0.4, 0.5) is 10.5 Å². The molecule has 3 aliphatic carbocycles. The molecule has 3 aromatic rings. The van der Waals surface area contributed by atoms with E-state index in [1.807, 2.05) is 42.2 Å². The van der Waals surface area contributed by atoms with E-state index in [4.69, 9.17) is 43.2 Å². The molecule has 65 heavy (non-hydrogen) atoms. The summed E-state index contributed by atoms with van der Waals surface area (Å²) in [4.78, 5) is 36.3. The van der Waals surface area contributed by atoms with E-state index in [1.54, 1.807) is 37.5 Å². The molecule has 2 fully saturated rings. The van der Waals surface area contributed by atoms with Crippen molar-refractivity contribution in [2.24, 2.45) is 28.8 Å². The molecule has 2 amide bonds. The second kappa shape index (κ2) is 20.6. The molecule has 0 radical (unpaired) electrons. The third kappa shape index (κ3) is 9.64. The lowest BCUT2D eigenvalue weighted by molar-refractivity contribution is -0.258. The number of allylic oxidation sites excluding steroid dienone is 1. The average Bonchev–Trinajstić information content (AvgIpc) is 4.07. The molecular weight excluding hydrogens is 835 g/mol. The molecule has 5 aliphatic rings. The van der Waals surface area contributed by atoms with Crippen LogP contribution in [0.2, 0.25) is 0 Å². The Morgan fingerprint density at radius 1 is 0.938 bits per heavy atom. The zero-order chi connectivity index (χ0) is 45.5. The number of rotatable bonds is 21. The van der Waals surface area contributed by atoms with Crippen LogP contribution >= 0.6 is 0 Å².